The zero-order valence-corrected chi connectivity index (χ0v) is 15.8. The van der Waals surface area contributed by atoms with Crippen molar-refractivity contribution in [3.05, 3.63) is 60.2 Å². The molecule has 0 radical (unpaired) electrons. The molecule has 0 saturated carbocycles. The Bertz CT molecular complexity index is 800. The third-order valence-electron chi connectivity index (χ3n) is 3.97. The maximum atomic E-state index is 12.2. The van der Waals surface area contributed by atoms with E-state index in [1.54, 1.807) is 37.5 Å². The van der Waals surface area contributed by atoms with Gasteiger partial charge >= 0.3 is 0 Å². The molecule has 0 saturated heterocycles. The first kappa shape index (κ1) is 20.2. The van der Waals surface area contributed by atoms with Crippen molar-refractivity contribution in [2.75, 3.05) is 17.7 Å². The summed E-state index contributed by atoms with van der Waals surface area (Å²) < 4.78 is 5.26. The molecule has 0 spiro atoms. The fourth-order valence-electron chi connectivity index (χ4n) is 2.59. The lowest BCUT2D eigenvalue weighted by Crippen LogP contribution is -2.12. The van der Waals surface area contributed by atoms with Crippen LogP contribution in [0.3, 0.4) is 0 Å². The molecule has 0 bridgehead atoms. The maximum Gasteiger partial charge on any atom is 0.248 e. The van der Waals surface area contributed by atoms with Gasteiger partial charge in [-0.05, 0) is 36.8 Å². The van der Waals surface area contributed by atoms with Crippen molar-refractivity contribution in [3.8, 4) is 5.75 Å². The minimum atomic E-state index is -0.257. The predicted molar refractivity (Wildman–Crippen MR) is 110 cm³/mol. The molecule has 0 aliphatic carbocycles. The third kappa shape index (κ3) is 6.98. The van der Waals surface area contributed by atoms with E-state index in [0.717, 1.165) is 24.8 Å². The number of ether oxygens (including phenoxy) is 1. The van der Waals surface area contributed by atoms with Crippen LogP contribution in [0.2, 0.25) is 0 Å². The minimum absolute atomic E-state index is 0.0111. The van der Waals surface area contributed by atoms with Gasteiger partial charge in [0.15, 0.2) is 0 Å². The number of anilines is 2. The Kier molecular flexibility index (Phi) is 8.10. The van der Waals surface area contributed by atoms with Gasteiger partial charge in [0.25, 0.3) is 0 Å². The second-order valence-corrected chi connectivity index (χ2v) is 6.15. The highest BCUT2D eigenvalue weighted by Gasteiger charge is 2.04. The number of hydrogen-bond acceptors (Lipinski definition) is 3. The van der Waals surface area contributed by atoms with Crippen molar-refractivity contribution in [1.82, 2.24) is 0 Å². The number of methoxy groups -OCH3 is 1. The summed E-state index contributed by atoms with van der Waals surface area (Å²) in [6, 6.07) is 14.6. The molecule has 2 rings (SSSR count). The normalized spacial score (nSPS) is 10.6. The number of unbranched alkanes of at least 4 members (excludes halogenated alkanes) is 2. The second kappa shape index (κ2) is 10.8. The highest BCUT2D eigenvalue weighted by atomic mass is 16.5. The number of nitrogens with one attached hydrogen (secondary N) is 2. The van der Waals surface area contributed by atoms with Crippen LogP contribution in [-0.2, 0) is 9.59 Å². The summed E-state index contributed by atoms with van der Waals surface area (Å²) >= 11 is 0. The fraction of sp³-hybridized carbons (Fsp3) is 0.273. The standard InChI is InChI=1S/C22H26N2O3/c1-3-4-5-13-21(25)23-18-10-8-11-19(16-18)24-22(26)15-14-17-9-6-7-12-20(17)27-2/h6-12,14-16H,3-5,13H2,1-2H3,(H,23,25)(H,24,26)/b15-14+. The molecule has 2 amide bonds. The molecule has 5 heteroatoms. The van der Waals surface area contributed by atoms with Crippen LogP contribution >= 0.6 is 0 Å². The van der Waals surface area contributed by atoms with Gasteiger partial charge < -0.3 is 15.4 Å². The fourth-order valence-corrected chi connectivity index (χ4v) is 2.59. The van der Waals surface area contributed by atoms with Gasteiger partial charge in [-0.25, -0.2) is 0 Å². The number of amides is 2. The zero-order valence-electron chi connectivity index (χ0n) is 15.8. The van der Waals surface area contributed by atoms with Crippen LogP contribution in [0.15, 0.2) is 54.6 Å². The van der Waals surface area contributed by atoms with Crippen molar-refractivity contribution < 1.29 is 14.3 Å². The third-order valence-corrected chi connectivity index (χ3v) is 3.97. The molecule has 142 valence electrons. The summed E-state index contributed by atoms with van der Waals surface area (Å²) in [5.41, 5.74) is 2.11. The van der Waals surface area contributed by atoms with Crippen molar-refractivity contribution in [2.45, 2.75) is 32.6 Å². The highest BCUT2D eigenvalue weighted by molar-refractivity contribution is 6.02. The van der Waals surface area contributed by atoms with E-state index >= 15 is 0 Å². The Morgan fingerprint density at radius 3 is 2.48 bits per heavy atom. The van der Waals surface area contributed by atoms with Crippen LogP contribution in [-0.4, -0.2) is 18.9 Å². The van der Waals surface area contributed by atoms with Crippen LogP contribution < -0.4 is 15.4 Å². The van der Waals surface area contributed by atoms with Crippen LogP contribution in [0, 0.1) is 0 Å². The number of hydrogen-bond donors (Lipinski definition) is 2. The average Bonchev–Trinajstić information content (AvgIpc) is 2.67. The number of para-hydroxylation sites is 1. The predicted octanol–water partition coefficient (Wildman–Crippen LogP) is 4.87. The molecule has 2 N–H and O–H groups in total. The first-order valence-corrected chi connectivity index (χ1v) is 9.14. The Labute approximate surface area is 160 Å². The van der Waals surface area contributed by atoms with Gasteiger partial charge in [0.1, 0.15) is 5.75 Å². The van der Waals surface area contributed by atoms with Gasteiger partial charge in [-0.3, -0.25) is 9.59 Å². The summed E-state index contributed by atoms with van der Waals surface area (Å²) in [7, 11) is 1.59. The van der Waals surface area contributed by atoms with Crippen molar-refractivity contribution in [3.63, 3.8) is 0 Å². The Balaban J connectivity index is 1.94. The first-order valence-electron chi connectivity index (χ1n) is 9.14. The Morgan fingerprint density at radius 2 is 1.74 bits per heavy atom. The second-order valence-electron chi connectivity index (χ2n) is 6.15. The van der Waals surface area contributed by atoms with Gasteiger partial charge in [-0.2, -0.15) is 0 Å². The molecule has 5 nitrogen and oxygen atoms in total. The lowest BCUT2D eigenvalue weighted by atomic mass is 10.2. The van der Waals surface area contributed by atoms with Gasteiger partial charge in [0.05, 0.1) is 7.11 Å². The summed E-state index contributed by atoms with van der Waals surface area (Å²) in [6.07, 6.45) is 6.67. The van der Waals surface area contributed by atoms with Gasteiger partial charge in [-0.1, -0.05) is 44.0 Å². The van der Waals surface area contributed by atoms with E-state index in [1.807, 2.05) is 24.3 Å². The molecular weight excluding hydrogens is 340 g/mol. The largest absolute Gasteiger partial charge is 0.496 e. The highest BCUT2D eigenvalue weighted by Crippen LogP contribution is 2.19. The molecule has 0 unspecified atom stereocenters. The van der Waals surface area contributed by atoms with Crippen molar-refractivity contribution >= 4 is 29.3 Å². The smallest absolute Gasteiger partial charge is 0.248 e. The summed E-state index contributed by atoms with van der Waals surface area (Å²) in [5.74, 6) is 0.435. The lowest BCUT2D eigenvalue weighted by Gasteiger charge is -2.08. The Morgan fingerprint density at radius 1 is 1.00 bits per heavy atom. The number of carbonyl (C=O) groups is 2. The topological polar surface area (TPSA) is 67.4 Å². The summed E-state index contributed by atoms with van der Waals surface area (Å²) in [5, 5.41) is 5.66. The molecule has 0 aliphatic rings. The molecule has 27 heavy (non-hydrogen) atoms. The zero-order chi connectivity index (χ0) is 19.5. The summed E-state index contributed by atoms with van der Waals surface area (Å²) in [4.78, 5) is 24.1. The molecule has 0 aliphatic heterocycles. The summed E-state index contributed by atoms with van der Waals surface area (Å²) in [6.45, 7) is 2.10. The number of rotatable bonds is 9. The van der Waals surface area contributed by atoms with Gasteiger partial charge in [0.2, 0.25) is 11.8 Å². The van der Waals surface area contributed by atoms with Gasteiger partial charge in [0, 0.05) is 29.4 Å². The van der Waals surface area contributed by atoms with E-state index in [9.17, 15) is 9.59 Å². The number of carbonyl (C=O) groups excluding carboxylic acids is 2. The molecule has 0 aromatic heterocycles. The van der Waals surface area contributed by atoms with Gasteiger partial charge in [-0.15, -0.1) is 0 Å². The lowest BCUT2D eigenvalue weighted by molar-refractivity contribution is -0.116. The van der Waals surface area contributed by atoms with Crippen LogP contribution in [0.25, 0.3) is 6.08 Å². The van der Waals surface area contributed by atoms with Crippen LogP contribution in [0.1, 0.15) is 38.2 Å². The van der Waals surface area contributed by atoms with E-state index in [1.165, 1.54) is 6.08 Å². The molecule has 2 aromatic rings. The molecule has 0 atom stereocenters. The quantitative estimate of drug-likeness (QED) is 0.492. The molecule has 0 heterocycles. The SMILES string of the molecule is CCCCCC(=O)Nc1cccc(NC(=O)/C=C/c2ccccc2OC)c1. The molecular formula is C22H26N2O3. The van der Waals surface area contributed by atoms with Crippen molar-refractivity contribution in [2.24, 2.45) is 0 Å². The van der Waals surface area contributed by atoms with E-state index in [-0.39, 0.29) is 11.8 Å². The molecule has 2 aromatic carbocycles. The minimum Gasteiger partial charge on any atom is -0.496 e. The average molecular weight is 366 g/mol. The van der Waals surface area contributed by atoms with Crippen molar-refractivity contribution in [1.29, 1.82) is 0 Å². The van der Waals surface area contributed by atoms with E-state index in [0.29, 0.717) is 23.5 Å². The van der Waals surface area contributed by atoms with E-state index in [4.69, 9.17) is 4.74 Å². The Hall–Kier alpha value is -3.08. The van der Waals surface area contributed by atoms with E-state index in [2.05, 4.69) is 17.6 Å². The monoisotopic (exact) mass is 366 g/mol. The maximum absolute atomic E-state index is 12.2. The first-order chi connectivity index (χ1) is 13.1. The van der Waals surface area contributed by atoms with E-state index < -0.39 is 0 Å². The van der Waals surface area contributed by atoms with Crippen LogP contribution in [0.5, 0.6) is 5.75 Å². The molecule has 0 fully saturated rings. The number of benzene rings is 2. The van der Waals surface area contributed by atoms with Crippen LogP contribution in [0.4, 0.5) is 11.4 Å².